The van der Waals surface area contributed by atoms with Crippen molar-refractivity contribution < 1.29 is 9.63 Å². The summed E-state index contributed by atoms with van der Waals surface area (Å²) in [5, 5.41) is 0. The third-order valence-electron chi connectivity index (χ3n) is 3.73. The van der Waals surface area contributed by atoms with Gasteiger partial charge in [-0.25, -0.2) is 5.48 Å². The van der Waals surface area contributed by atoms with Gasteiger partial charge in [-0.2, -0.15) is 0 Å². The molecule has 0 bridgehead atoms. The molecule has 1 amide bonds. The molecule has 21 heavy (non-hydrogen) atoms. The first-order chi connectivity index (χ1) is 9.93. The quantitative estimate of drug-likeness (QED) is 0.724. The van der Waals surface area contributed by atoms with Gasteiger partial charge < -0.3 is 5.73 Å². The van der Waals surface area contributed by atoms with Crippen LogP contribution in [0.2, 0.25) is 0 Å². The van der Waals surface area contributed by atoms with Crippen LogP contribution in [0, 0.1) is 11.3 Å². The predicted octanol–water partition coefficient (Wildman–Crippen LogP) is 3.03. The molecule has 0 heterocycles. The summed E-state index contributed by atoms with van der Waals surface area (Å²) in [5.41, 5.74) is 9.37. The largest absolute Gasteiger partial charge is 0.330 e. The summed E-state index contributed by atoms with van der Waals surface area (Å²) < 4.78 is 0. The highest BCUT2D eigenvalue weighted by Crippen LogP contribution is 2.31. The van der Waals surface area contributed by atoms with Crippen LogP contribution in [0.25, 0.3) is 0 Å². The lowest BCUT2D eigenvalue weighted by Crippen LogP contribution is -2.28. The van der Waals surface area contributed by atoms with Gasteiger partial charge in [0.15, 0.2) is 0 Å². The summed E-state index contributed by atoms with van der Waals surface area (Å²) in [6, 6.07) is 9.76. The lowest BCUT2D eigenvalue weighted by atomic mass is 9.76. The fraction of sp³-hybridized carbons (Fsp3) is 0.588. The number of nitrogens with one attached hydrogen (secondary N) is 1. The second-order valence-electron chi connectivity index (χ2n) is 6.48. The first-order valence-electron chi connectivity index (χ1n) is 7.58. The minimum absolute atomic E-state index is 0.0720. The van der Waals surface area contributed by atoms with Crippen molar-refractivity contribution in [1.82, 2.24) is 5.48 Å². The van der Waals surface area contributed by atoms with Crippen LogP contribution in [0.5, 0.6) is 0 Å². The van der Waals surface area contributed by atoms with Crippen molar-refractivity contribution >= 4 is 5.91 Å². The lowest BCUT2D eigenvalue weighted by Gasteiger charge is -2.30. The maximum absolute atomic E-state index is 11.8. The summed E-state index contributed by atoms with van der Waals surface area (Å²) in [6.07, 6.45) is 2.25. The zero-order valence-corrected chi connectivity index (χ0v) is 13.4. The van der Waals surface area contributed by atoms with Crippen molar-refractivity contribution in [3.05, 3.63) is 35.9 Å². The van der Waals surface area contributed by atoms with Crippen LogP contribution < -0.4 is 11.2 Å². The van der Waals surface area contributed by atoms with E-state index >= 15 is 0 Å². The normalized spacial score (nSPS) is 13.0. The van der Waals surface area contributed by atoms with Crippen molar-refractivity contribution in [2.45, 2.75) is 46.6 Å². The van der Waals surface area contributed by atoms with Gasteiger partial charge in [-0.15, -0.1) is 0 Å². The number of hydroxylamine groups is 1. The molecule has 0 aliphatic heterocycles. The molecule has 0 saturated heterocycles. The van der Waals surface area contributed by atoms with E-state index in [1.165, 1.54) is 0 Å². The summed E-state index contributed by atoms with van der Waals surface area (Å²) >= 11 is 0. The van der Waals surface area contributed by atoms with Gasteiger partial charge >= 0.3 is 0 Å². The zero-order chi connectivity index (χ0) is 15.7. The van der Waals surface area contributed by atoms with Crippen molar-refractivity contribution in [3.8, 4) is 0 Å². The SMILES string of the molecule is CC(C)(C)C(CCN)CCC(=O)NOCc1ccccc1. The highest BCUT2D eigenvalue weighted by molar-refractivity contribution is 5.74. The standard InChI is InChI=1S/C17H28N2O2/c1-17(2,3)15(11-12-18)9-10-16(20)19-21-13-14-7-5-4-6-8-14/h4-8,15H,9-13,18H2,1-3H3,(H,19,20). The molecular formula is C17H28N2O2. The Balaban J connectivity index is 2.27. The Morgan fingerprint density at radius 3 is 2.48 bits per heavy atom. The van der Waals surface area contributed by atoms with E-state index in [1.54, 1.807) is 0 Å². The molecule has 4 heteroatoms. The Morgan fingerprint density at radius 2 is 1.90 bits per heavy atom. The molecule has 1 aromatic carbocycles. The van der Waals surface area contributed by atoms with E-state index in [0.717, 1.165) is 18.4 Å². The van der Waals surface area contributed by atoms with Crippen LogP contribution in [0.1, 0.15) is 45.6 Å². The first-order valence-corrected chi connectivity index (χ1v) is 7.58. The average molecular weight is 292 g/mol. The molecule has 4 nitrogen and oxygen atoms in total. The fourth-order valence-electron chi connectivity index (χ4n) is 2.34. The number of carbonyl (C=O) groups excluding carboxylic acids is 1. The summed E-state index contributed by atoms with van der Waals surface area (Å²) in [4.78, 5) is 17.0. The Hall–Kier alpha value is -1.39. The van der Waals surface area contributed by atoms with Gasteiger partial charge in [0.2, 0.25) is 5.91 Å². The average Bonchev–Trinajstić information content (AvgIpc) is 2.43. The Labute approximate surface area is 128 Å². The number of amides is 1. The van der Waals surface area contributed by atoms with Crippen molar-refractivity contribution in [1.29, 1.82) is 0 Å². The monoisotopic (exact) mass is 292 g/mol. The summed E-state index contributed by atoms with van der Waals surface area (Å²) in [5.74, 6) is 0.375. The maximum atomic E-state index is 11.8. The van der Waals surface area contributed by atoms with Crippen LogP contribution in [-0.4, -0.2) is 12.5 Å². The van der Waals surface area contributed by atoms with E-state index < -0.39 is 0 Å². The van der Waals surface area contributed by atoms with Crippen LogP contribution >= 0.6 is 0 Å². The molecule has 0 saturated carbocycles. The Morgan fingerprint density at radius 1 is 1.24 bits per heavy atom. The minimum Gasteiger partial charge on any atom is -0.330 e. The van der Waals surface area contributed by atoms with E-state index in [4.69, 9.17) is 10.6 Å². The van der Waals surface area contributed by atoms with E-state index in [1.807, 2.05) is 30.3 Å². The van der Waals surface area contributed by atoms with E-state index in [0.29, 0.717) is 25.5 Å². The maximum Gasteiger partial charge on any atom is 0.243 e. The van der Waals surface area contributed by atoms with Crippen molar-refractivity contribution in [2.75, 3.05) is 6.54 Å². The molecule has 118 valence electrons. The lowest BCUT2D eigenvalue weighted by molar-refractivity contribution is -0.135. The predicted molar refractivity (Wildman–Crippen MR) is 85.2 cm³/mol. The van der Waals surface area contributed by atoms with Gasteiger partial charge in [-0.3, -0.25) is 9.63 Å². The summed E-state index contributed by atoms with van der Waals surface area (Å²) in [6.45, 7) is 7.62. The molecule has 0 aromatic heterocycles. The van der Waals surface area contributed by atoms with Gasteiger partial charge in [-0.05, 0) is 36.3 Å². The third-order valence-corrected chi connectivity index (χ3v) is 3.73. The third kappa shape index (κ3) is 7.25. The number of rotatable bonds is 8. The number of hydrogen-bond donors (Lipinski definition) is 2. The number of nitrogens with two attached hydrogens (primary N) is 1. The Kier molecular flexibility index (Phi) is 7.40. The highest BCUT2D eigenvalue weighted by Gasteiger charge is 2.24. The number of hydrogen-bond acceptors (Lipinski definition) is 3. The van der Waals surface area contributed by atoms with Gasteiger partial charge in [0.05, 0.1) is 6.61 Å². The van der Waals surface area contributed by atoms with Crippen molar-refractivity contribution in [3.63, 3.8) is 0 Å². The van der Waals surface area contributed by atoms with Gasteiger partial charge in [-0.1, -0.05) is 51.1 Å². The van der Waals surface area contributed by atoms with Crippen LogP contribution in [0.3, 0.4) is 0 Å². The van der Waals surface area contributed by atoms with Crippen LogP contribution in [0.4, 0.5) is 0 Å². The van der Waals surface area contributed by atoms with E-state index in [9.17, 15) is 4.79 Å². The smallest absolute Gasteiger partial charge is 0.243 e. The molecule has 0 aliphatic rings. The molecule has 1 atom stereocenters. The van der Waals surface area contributed by atoms with Gasteiger partial charge in [0.1, 0.15) is 0 Å². The Bertz CT molecular complexity index is 413. The highest BCUT2D eigenvalue weighted by atomic mass is 16.6. The van der Waals surface area contributed by atoms with Crippen molar-refractivity contribution in [2.24, 2.45) is 17.1 Å². The number of benzene rings is 1. The minimum atomic E-state index is -0.0720. The second kappa shape index (κ2) is 8.80. The number of carbonyl (C=O) groups is 1. The van der Waals surface area contributed by atoms with Crippen LogP contribution in [-0.2, 0) is 16.2 Å². The fourth-order valence-corrected chi connectivity index (χ4v) is 2.34. The molecule has 3 N–H and O–H groups in total. The molecule has 0 radical (unpaired) electrons. The van der Waals surface area contributed by atoms with E-state index in [2.05, 4.69) is 26.3 Å². The molecule has 1 rings (SSSR count). The second-order valence-corrected chi connectivity index (χ2v) is 6.48. The van der Waals surface area contributed by atoms with Crippen LogP contribution in [0.15, 0.2) is 30.3 Å². The zero-order valence-electron chi connectivity index (χ0n) is 13.4. The molecule has 1 aromatic rings. The molecule has 0 fully saturated rings. The van der Waals surface area contributed by atoms with Gasteiger partial charge in [0, 0.05) is 6.42 Å². The van der Waals surface area contributed by atoms with Gasteiger partial charge in [0.25, 0.3) is 0 Å². The van der Waals surface area contributed by atoms with E-state index in [-0.39, 0.29) is 11.3 Å². The summed E-state index contributed by atoms with van der Waals surface area (Å²) in [7, 11) is 0. The molecule has 0 spiro atoms. The first kappa shape index (κ1) is 17.7. The molecular weight excluding hydrogens is 264 g/mol. The molecule has 1 unspecified atom stereocenters. The topological polar surface area (TPSA) is 64.4 Å². The molecule has 0 aliphatic carbocycles.